The van der Waals surface area contributed by atoms with Crippen LogP contribution in [-0.2, 0) is 85.9 Å². The molecule has 0 bridgehead atoms. The summed E-state index contributed by atoms with van der Waals surface area (Å²) in [5.74, 6) is -13.2. The van der Waals surface area contributed by atoms with E-state index in [-0.39, 0.29) is 68.8 Å². The highest BCUT2D eigenvalue weighted by Gasteiger charge is 2.44. The van der Waals surface area contributed by atoms with Crippen molar-refractivity contribution in [1.82, 2.24) is 47.4 Å². The summed E-state index contributed by atoms with van der Waals surface area (Å²) in [7, 11) is -5.49. The number of rotatable bonds is 37. The van der Waals surface area contributed by atoms with Crippen molar-refractivity contribution < 1.29 is 102 Å². The number of carboxylic acids is 2. The maximum Gasteiger partial charge on any atom is 0.469 e. The van der Waals surface area contributed by atoms with Gasteiger partial charge in [0.1, 0.15) is 72.2 Å². The number of phenolic OH excluding ortho intramolecular Hbond substituents is 2. The van der Waals surface area contributed by atoms with Gasteiger partial charge in [0.05, 0.1) is 25.2 Å². The summed E-state index contributed by atoms with van der Waals surface area (Å²) in [5.41, 5.74) is 6.95. The average Bonchev–Trinajstić information content (AvgIpc) is 1.54. The van der Waals surface area contributed by atoms with E-state index in [2.05, 4.69) is 42.5 Å². The van der Waals surface area contributed by atoms with Crippen LogP contribution in [0.1, 0.15) is 96.3 Å². The molecule has 9 amide bonds. The molecule has 0 aromatic heterocycles. The molecule has 17 N–H and O–H groups in total. The van der Waals surface area contributed by atoms with E-state index in [9.17, 15) is 97.4 Å². The van der Waals surface area contributed by atoms with Crippen LogP contribution in [0.3, 0.4) is 0 Å². The van der Waals surface area contributed by atoms with Crippen molar-refractivity contribution in [1.29, 1.82) is 0 Å². The number of aliphatic hydroxyl groups excluding tert-OH is 1. The van der Waals surface area contributed by atoms with Gasteiger partial charge >= 0.3 is 19.8 Å². The van der Waals surface area contributed by atoms with E-state index in [1.54, 1.807) is 58.0 Å². The molecule has 32 heteroatoms. The van der Waals surface area contributed by atoms with Crippen LogP contribution >= 0.6 is 7.82 Å². The molecular weight excluding hydrogens is 1230 g/mol. The molecular formula is C60H83N10O21P. The maximum atomic E-state index is 14.9. The van der Waals surface area contributed by atoms with Crippen molar-refractivity contribution >= 4 is 79.2 Å². The first-order valence-corrected chi connectivity index (χ1v) is 31.2. The van der Waals surface area contributed by atoms with Crippen LogP contribution in [0, 0.1) is 11.8 Å². The van der Waals surface area contributed by atoms with Crippen molar-refractivity contribution in [3.05, 3.63) is 95.6 Å². The van der Waals surface area contributed by atoms with Crippen LogP contribution < -0.4 is 48.3 Å². The Hall–Kier alpha value is -8.87. The summed E-state index contributed by atoms with van der Waals surface area (Å²) < 4.78 is 17.3. The van der Waals surface area contributed by atoms with Gasteiger partial charge in [0, 0.05) is 32.2 Å². The molecule has 0 saturated carbocycles. The van der Waals surface area contributed by atoms with Crippen molar-refractivity contribution in [2.45, 2.75) is 165 Å². The molecule has 1 fully saturated rings. The lowest BCUT2D eigenvalue weighted by molar-refractivity contribution is -0.144. The Kier molecular flexibility index (Phi) is 29.8. The topological polar surface area (TPSA) is 498 Å². The van der Waals surface area contributed by atoms with Crippen LogP contribution in [0.5, 0.6) is 11.5 Å². The zero-order valence-electron chi connectivity index (χ0n) is 51.4. The van der Waals surface area contributed by atoms with Gasteiger partial charge in [0.2, 0.25) is 53.2 Å². The highest BCUT2D eigenvalue weighted by atomic mass is 31.2. The van der Waals surface area contributed by atoms with Gasteiger partial charge in [-0.15, -0.1) is 0 Å². The van der Waals surface area contributed by atoms with Crippen molar-refractivity contribution in [2.24, 2.45) is 17.6 Å². The van der Waals surface area contributed by atoms with Gasteiger partial charge in [-0.1, -0.05) is 88.7 Å². The predicted octanol–water partition coefficient (Wildman–Crippen LogP) is -1.56. The summed E-state index contributed by atoms with van der Waals surface area (Å²) in [6.45, 7) is 6.75. The number of carboxylic acid groups (broad SMARTS) is 2. The molecule has 0 unspecified atom stereocenters. The lowest BCUT2D eigenvalue weighted by Gasteiger charge is -2.33. The summed E-state index contributed by atoms with van der Waals surface area (Å²) in [6, 6.07) is 3.25. The predicted molar refractivity (Wildman–Crippen MR) is 326 cm³/mol. The molecule has 4 rings (SSSR count). The second-order valence-corrected chi connectivity index (χ2v) is 24.0. The molecule has 3 aromatic carbocycles. The number of nitrogens with one attached hydrogen (secondary N) is 8. The Morgan fingerprint density at radius 1 is 0.620 bits per heavy atom. The van der Waals surface area contributed by atoms with Crippen LogP contribution in [0.15, 0.2) is 78.9 Å². The number of hydrogen-bond donors (Lipinski definition) is 16. The molecule has 1 saturated heterocycles. The number of aromatic hydroxyl groups is 2. The maximum absolute atomic E-state index is 14.9. The number of amides is 9. The molecule has 0 spiro atoms. The van der Waals surface area contributed by atoms with Gasteiger partial charge < -0.3 is 93.3 Å². The Bertz CT molecular complexity index is 3100. The van der Waals surface area contributed by atoms with E-state index < -0.39 is 171 Å². The molecule has 0 radical (unpaired) electrons. The first-order valence-electron chi connectivity index (χ1n) is 29.7. The number of phosphoric ester groups is 1. The van der Waals surface area contributed by atoms with Gasteiger partial charge in [-0.2, -0.15) is 0 Å². The van der Waals surface area contributed by atoms with Gasteiger partial charge in [-0.05, 0) is 85.4 Å². The molecule has 12 atom stereocenters. The number of aliphatic carboxylic acids is 2. The molecule has 0 aliphatic carbocycles. The number of phenols is 2. The molecule has 504 valence electrons. The normalized spacial score (nSPS) is 16.6. The third-order valence-corrected chi connectivity index (χ3v) is 15.5. The Balaban J connectivity index is 1.68. The molecule has 3 aromatic rings. The van der Waals surface area contributed by atoms with Crippen molar-refractivity contribution in [3.8, 4) is 11.5 Å². The molecule has 1 aliphatic rings. The largest absolute Gasteiger partial charge is 0.508 e. The van der Waals surface area contributed by atoms with E-state index in [4.69, 9.17) is 10.3 Å². The quantitative estimate of drug-likeness (QED) is 0.0229. The van der Waals surface area contributed by atoms with E-state index in [0.29, 0.717) is 23.1 Å². The van der Waals surface area contributed by atoms with E-state index >= 15 is 0 Å². The molecule has 31 nitrogen and oxygen atoms in total. The lowest BCUT2D eigenvalue weighted by atomic mass is 9.96. The number of benzene rings is 3. The number of aliphatic hydroxyl groups is 1. The van der Waals surface area contributed by atoms with Gasteiger partial charge in [-0.25, -0.2) is 4.57 Å². The summed E-state index contributed by atoms with van der Waals surface area (Å²) in [6.07, 6.45) is -4.55. The third kappa shape index (κ3) is 24.7. The number of carbonyl (C=O) groups excluding carboxylic acids is 10. The minimum absolute atomic E-state index is 0.0836. The van der Waals surface area contributed by atoms with Crippen LogP contribution in [-0.4, -0.2) is 191 Å². The van der Waals surface area contributed by atoms with E-state index in [0.717, 1.165) is 11.8 Å². The fourth-order valence-electron chi connectivity index (χ4n) is 9.84. The Morgan fingerprint density at radius 2 is 1.09 bits per heavy atom. The second kappa shape index (κ2) is 36.2. The zero-order chi connectivity index (χ0) is 68.6. The molecule has 92 heavy (non-hydrogen) atoms. The van der Waals surface area contributed by atoms with Gasteiger partial charge in [-0.3, -0.25) is 57.3 Å². The molecule has 1 aliphatic heterocycles. The monoisotopic (exact) mass is 1310 g/mol. The van der Waals surface area contributed by atoms with Gasteiger partial charge in [0.15, 0.2) is 0 Å². The first kappa shape index (κ1) is 75.6. The Labute approximate surface area is 530 Å². The Morgan fingerprint density at radius 3 is 1.57 bits per heavy atom. The highest BCUT2D eigenvalue weighted by molar-refractivity contribution is 7.46. The fourth-order valence-corrected chi connectivity index (χ4v) is 10.4. The van der Waals surface area contributed by atoms with E-state index in [1.165, 1.54) is 48.5 Å². The van der Waals surface area contributed by atoms with Gasteiger partial charge in [0.25, 0.3) is 0 Å². The summed E-state index contributed by atoms with van der Waals surface area (Å²) in [4.78, 5) is 184. The fraction of sp³-hybridized carbons (Fsp3) is 0.500. The number of nitrogens with zero attached hydrogens (tertiary/aromatic N) is 1. The zero-order valence-corrected chi connectivity index (χ0v) is 52.3. The smallest absolute Gasteiger partial charge is 0.469 e. The highest BCUT2D eigenvalue weighted by Crippen LogP contribution is 2.38. The lowest BCUT2D eigenvalue weighted by Crippen LogP contribution is -2.62. The number of hydrogen-bond acceptors (Lipinski definition) is 18. The summed E-state index contributed by atoms with van der Waals surface area (Å²) in [5, 5.41) is 68.3. The van der Waals surface area contributed by atoms with Crippen LogP contribution in [0.2, 0.25) is 0 Å². The number of carbonyl (C=O) groups is 12. The van der Waals surface area contributed by atoms with Crippen LogP contribution in [0.25, 0.3) is 0 Å². The third-order valence-electron chi connectivity index (χ3n) is 14.9. The average molecular weight is 1310 g/mol. The SMILES string of the molecule is CC[C@H](C)[C@H](NC(=O)[C@@H](N)CO)C(=O)N[C@@H](Cc1ccc(O)cc1)C(=O)N[C@@H](Cc1ccccc1)C(=O)N[C@H](C(=O)N1CCC[C@H]1C(=O)N[C@@H](CCC(=O)O)C(=O)N[C@@H](CC(C)C)C(=O)N[C@@H](Cc1ccc(O)cc1)C(=O)N[C@H](C=O)CC(=O)O)[C@@H](C)OP(=O)(O)O. The number of phosphoric acid groups is 1. The van der Waals surface area contributed by atoms with Crippen LogP contribution in [0.4, 0.5) is 0 Å². The molecule has 1 heterocycles. The van der Waals surface area contributed by atoms with E-state index in [1.807, 2.05) is 0 Å². The minimum Gasteiger partial charge on any atom is -0.508 e. The first-order chi connectivity index (χ1) is 43.3. The number of aldehydes is 1. The minimum atomic E-state index is -5.49. The standard InChI is InChI=1S/C60H83N10O21P/c1-6-33(4)50(68-52(79)41(61)31-72)59(86)67-45(28-37-16-20-40(74)21-17-37)56(83)66-46(26-35-11-8-7-9-12-35)57(84)69-51(34(5)91-92(88,89)90)60(87)70-24-10-13-47(70)58(85)63-42(22-23-48(75)76)53(80)64-43(25-32(2)3)55(82)65-44(27-36-14-18-39(73)19-15-36)54(81)62-38(30-71)29-49(77)78/h7-9,11-12,14-21,30,32-34,38,41-47,50-51,72-74H,6,10,13,22-29,31,61H2,1-5H3,(H,62,81)(H,63,85)(H,64,80)(H,65,82)(H,66,83)(H,67,86)(H,68,79)(H,69,84)(H,75,76)(H,77,78)(H2,88,89,90)/t33-,34+,38-,41-,42-,43-,44-,45-,46-,47-,50-,51-/m0/s1. The summed E-state index contributed by atoms with van der Waals surface area (Å²) >= 11 is 0. The number of likely N-dealkylation sites (tertiary alicyclic amines) is 1. The second-order valence-electron chi connectivity index (χ2n) is 22.8. The number of nitrogens with two attached hydrogens (primary N) is 1. The van der Waals surface area contributed by atoms with Crippen molar-refractivity contribution in [2.75, 3.05) is 13.2 Å². The van der Waals surface area contributed by atoms with Crippen molar-refractivity contribution in [3.63, 3.8) is 0 Å².